The maximum Gasteiger partial charge on any atom is 0.418 e. The number of carbonyl (C=O) groups excluding carboxylic acids is 1. The molecule has 0 heterocycles. The van der Waals surface area contributed by atoms with Crippen LogP contribution in [0.4, 0.5) is 17.6 Å². The number of Topliss-reactive ketones (excluding diaryl/α,β-unsaturated/α-hetero) is 1. The number of carbonyl (C=O) groups is 1. The molecule has 0 fully saturated rings. The monoisotopic (exact) mass is 362 g/mol. The van der Waals surface area contributed by atoms with Gasteiger partial charge in [-0.2, -0.15) is 13.2 Å². The second-order valence-corrected chi connectivity index (χ2v) is 4.19. The molecule has 0 aromatic heterocycles. The van der Waals surface area contributed by atoms with E-state index < -0.39 is 33.4 Å². The number of ketones is 1. The van der Waals surface area contributed by atoms with Crippen LogP contribution < -0.4 is 0 Å². The molecular formula is C9H4Br2F4O. The van der Waals surface area contributed by atoms with E-state index in [-0.39, 0.29) is 5.33 Å². The number of halogens is 6. The molecule has 0 aliphatic carbocycles. The van der Waals surface area contributed by atoms with Crippen molar-refractivity contribution >= 4 is 37.6 Å². The zero-order valence-corrected chi connectivity index (χ0v) is 10.7. The van der Waals surface area contributed by atoms with Crippen LogP contribution in [0.25, 0.3) is 0 Å². The van der Waals surface area contributed by atoms with Gasteiger partial charge in [0, 0.05) is 5.56 Å². The van der Waals surface area contributed by atoms with Gasteiger partial charge in [0.15, 0.2) is 5.78 Å². The summed E-state index contributed by atoms with van der Waals surface area (Å²) in [5.41, 5.74) is -1.84. The van der Waals surface area contributed by atoms with Crippen molar-refractivity contribution in [3.63, 3.8) is 0 Å². The predicted molar refractivity (Wildman–Crippen MR) is 57.2 cm³/mol. The normalized spacial score (nSPS) is 11.6. The van der Waals surface area contributed by atoms with Gasteiger partial charge >= 0.3 is 6.18 Å². The highest BCUT2D eigenvalue weighted by Gasteiger charge is 2.38. The van der Waals surface area contributed by atoms with E-state index in [9.17, 15) is 22.4 Å². The lowest BCUT2D eigenvalue weighted by Gasteiger charge is -2.13. The molecule has 0 bridgehead atoms. The number of hydrogen-bond donors (Lipinski definition) is 0. The third kappa shape index (κ3) is 2.63. The van der Waals surface area contributed by atoms with Crippen LogP contribution in [0.2, 0.25) is 0 Å². The summed E-state index contributed by atoms with van der Waals surface area (Å²) < 4.78 is 50.1. The van der Waals surface area contributed by atoms with Crippen molar-refractivity contribution < 1.29 is 22.4 Å². The molecule has 0 aliphatic rings. The molecule has 7 heteroatoms. The first kappa shape index (κ1) is 13.6. The molecule has 0 spiro atoms. The Kier molecular flexibility index (Phi) is 4.12. The fourth-order valence-corrected chi connectivity index (χ4v) is 2.00. The van der Waals surface area contributed by atoms with Gasteiger partial charge in [0.25, 0.3) is 0 Å². The Bertz CT molecular complexity index is 428. The quantitative estimate of drug-likeness (QED) is 0.437. The molecule has 0 aliphatic heterocycles. The zero-order chi connectivity index (χ0) is 12.5. The fraction of sp³-hybridized carbons (Fsp3) is 0.222. The molecule has 1 rings (SSSR count). The lowest BCUT2D eigenvalue weighted by Crippen LogP contribution is -2.15. The van der Waals surface area contributed by atoms with Crippen molar-refractivity contribution in [2.75, 3.05) is 5.33 Å². The summed E-state index contributed by atoms with van der Waals surface area (Å²) in [6.45, 7) is 0. The first-order chi connectivity index (χ1) is 7.29. The number of benzene rings is 1. The molecule has 0 saturated carbocycles. The molecule has 88 valence electrons. The number of rotatable bonds is 2. The zero-order valence-electron chi connectivity index (χ0n) is 7.54. The van der Waals surface area contributed by atoms with Gasteiger partial charge in [-0.15, -0.1) is 0 Å². The highest BCUT2D eigenvalue weighted by molar-refractivity contribution is 9.10. The van der Waals surface area contributed by atoms with Gasteiger partial charge in [-0.1, -0.05) is 15.9 Å². The fourth-order valence-electron chi connectivity index (χ4n) is 1.13. The van der Waals surface area contributed by atoms with Crippen molar-refractivity contribution in [1.29, 1.82) is 0 Å². The number of hydrogen-bond acceptors (Lipinski definition) is 1. The van der Waals surface area contributed by atoms with Crippen molar-refractivity contribution in [2.24, 2.45) is 0 Å². The second-order valence-electron chi connectivity index (χ2n) is 2.84. The molecule has 1 aromatic rings. The lowest BCUT2D eigenvalue weighted by atomic mass is 10.0. The van der Waals surface area contributed by atoms with E-state index in [1.54, 1.807) is 0 Å². The second kappa shape index (κ2) is 4.83. The van der Waals surface area contributed by atoms with E-state index in [0.717, 1.165) is 12.1 Å². The van der Waals surface area contributed by atoms with Crippen LogP contribution in [0.1, 0.15) is 15.9 Å². The third-order valence-corrected chi connectivity index (χ3v) is 3.08. The summed E-state index contributed by atoms with van der Waals surface area (Å²) in [5, 5.41) is -0.256. The average Bonchev–Trinajstić information content (AvgIpc) is 2.18. The maximum atomic E-state index is 13.0. The van der Waals surface area contributed by atoms with Gasteiger partial charge in [-0.25, -0.2) is 4.39 Å². The Balaban J connectivity index is 3.52. The largest absolute Gasteiger partial charge is 0.418 e. The third-order valence-electron chi connectivity index (χ3n) is 1.80. The topological polar surface area (TPSA) is 17.1 Å². The summed E-state index contributed by atoms with van der Waals surface area (Å²) in [4.78, 5) is 11.3. The van der Waals surface area contributed by atoms with E-state index in [4.69, 9.17) is 0 Å². The summed E-state index contributed by atoms with van der Waals surface area (Å²) in [6, 6.07) is 1.64. The van der Waals surface area contributed by atoms with Crippen LogP contribution in [0.5, 0.6) is 0 Å². The minimum absolute atomic E-state index is 0.256. The van der Waals surface area contributed by atoms with E-state index in [0.29, 0.717) is 0 Å². The van der Waals surface area contributed by atoms with Crippen molar-refractivity contribution in [1.82, 2.24) is 0 Å². The summed E-state index contributed by atoms with van der Waals surface area (Å²) in [5.74, 6) is -1.81. The van der Waals surface area contributed by atoms with E-state index in [2.05, 4.69) is 31.9 Å². The lowest BCUT2D eigenvalue weighted by molar-refractivity contribution is -0.138. The smallest absolute Gasteiger partial charge is 0.293 e. The van der Waals surface area contributed by atoms with E-state index in [1.807, 2.05) is 0 Å². The molecule has 0 radical (unpaired) electrons. The molecule has 16 heavy (non-hydrogen) atoms. The van der Waals surface area contributed by atoms with Gasteiger partial charge in [-0.3, -0.25) is 4.79 Å². The van der Waals surface area contributed by atoms with Gasteiger partial charge < -0.3 is 0 Å². The minimum atomic E-state index is -4.78. The van der Waals surface area contributed by atoms with Crippen LogP contribution in [0.15, 0.2) is 16.6 Å². The van der Waals surface area contributed by atoms with E-state index >= 15 is 0 Å². The van der Waals surface area contributed by atoms with Gasteiger partial charge in [0.05, 0.1) is 15.4 Å². The van der Waals surface area contributed by atoms with Crippen molar-refractivity contribution in [3.8, 4) is 0 Å². The Morgan fingerprint density at radius 2 is 1.88 bits per heavy atom. The molecule has 0 unspecified atom stereocenters. The standard InChI is InChI=1S/C9H4Br2F4O/c10-3-6(16)4-1-2-5(12)8(11)7(4)9(13,14)15/h1-2H,3H2. The molecule has 0 saturated heterocycles. The summed E-state index contributed by atoms with van der Waals surface area (Å²) >= 11 is 5.27. The van der Waals surface area contributed by atoms with Gasteiger partial charge in [0.1, 0.15) is 5.82 Å². The molecule has 1 nitrogen and oxygen atoms in total. The summed E-state index contributed by atoms with van der Waals surface area (Å²) in [6.07, 6.45) is -4.78. The molecular weight excluding hydrogens is 360 g/mol. The van der Waals surface area contributed by atoms with Crippen molar-refractivity contribution in [2.45, 2.75) is 6.18 Å². The highest BCUT2D eigenvalue weighted by atomic mass is 79.9. The molecule has 0 N–H and O–H groups in total. The minimum Gasteiger partial charge on any atom is -0.293 e. The Morgan fingerprint density at radius 1 is 1.31 bits per heavy atom. The van der Waals surface area contributed by atoms with Crippen LogP contribution in [-0.4, -0.2) is 11.1 Å². The maximum absolute atomic E-state index is 13.0. The van der Waals surface area contributed by atoms with Crippen LogP contribution in [-0.2, 0) is 6.18 Å². The van der Waals surface area contributed by atoms with Crippen LogP contribution in [0.3, 0.4) is 0 Å². The van der Waals surface area contributed by atoms with E-state index in [1.165, 1.54) is 0 Å². The summed E-state index contributed by atoms with van der Waals surface area (Å²) in [7, 11) is 0. The first-order valence-electron chi connectivity index (χ1n) is 3.93. The molecule has 0 amide bonds. The average molecular weight is 364 g/mol. The first-order valence-corrected chi connectivity index (χ1v) is 5.85. The Labute approximate surface area is 105 Å². The Morgan fingerprint density at radius 3 is 2.31 bits per heavy atom. The highest BCUT2D eigenvalue weighted by Crippen LogP contribution is 2.38. The van der Waals surface area contributed by atoms with Gasteiger partial charge in [0.2, 0.25) is 0 Å². The molecule has 1 aromatic carbocycles. The van der Waals surface area contributed by atoms with Gasteiger partial charge in [-0.05, 0) is 28.1 Å². The van der Waals surface area contributed by atoms with Crippen LogP contribution in [0, 0.1) is 5.82 Å². The SMILES string of the molecule is O=C(CBr)c1ccc(F)c(Br)c1C(F)(F)F. The molecule has 0 atom stereocenters. The number of alkyl halides is 4. The Hall–Kier alpha value is -0.430. The van der Waals surface area contributed by atoms with Crippen LogP contribution >= 0.6 is 31.9 Å². The van der Waals surface area contributed by atoms with Crippen molar-refractivity contribution in [3.05, 3.63) is 33.5 Å². The predicted octanol–water partition coefficient (Wildman–Crippen LogP) is 4.18.